The molecule has 7 heteroatoms. The summed E-state index contributed by atoms with van der Waals surface area (Å²) in [6, 6.07) is 4.53. The molecule has 16 heavy (non-hydrogen) atoms. The van der Waals surface area contributed by atoms with Gasteiger partial charge in [0.05, 0.1) is 9.82 Å². The van der Waals surface area contributed by atoms with Crippen molar-refractivity contribution in [2.24, 2.45) is 0 Å². The van der Waals surface area contributed by atoms with Gasteiger partial charge in [-0.1, -0.05) is 15.9 Å². The molecule has 0 heterocycles. The Morgan fingerprint density at radius 3 is 2.75 bits per heavy atom. The van der Waals surface area contributed by atoms with Crippen LogP contribution < -0.4 is 0 Å². The number of thioether (sulfide) groups is 1. The van der Waals surface area contributed by atoms with Gasteiger partial charge in [-0.25, -0.2) is 0 Å². The Bertz CT molecular complexity index is 438. The van der Waals surface area contributed by atoms with Crippen LogP contribution in [0.15, 0.2) is 27.6 Å². The molecule has 0 fully saturated rings. The van der Waals surface area contributed by atoms with Gasteiger partial charge in [0.1, 0.15) is 5.25 Å². The van der Waals surface area contributed by atoms with Gasteiger partial charge in [-0.2, -0.15) is 0 Å². The molecule has 0 saturated carbocycles. The second kappa shape index (κ2) is 5.31. The molecular weight excluding hydrogens is 298 g/mol. The van der Waals surface area contributed by atoms with E-state index in [1.54, 1.807) is 6.07 Å². The molecule has 0 saturated heterocycles. The number of carbonyl (C=O) groups is 1. The van der Waals surface area contributed by atoms with Crippen LogP contribution in [-0.4, -0.2) is 21.2 Å². The topological polar surface area (TPSA) is 80.4 Å². The summed E-state index contributed by atoms with van der Waals surface area (Å²) < 4.78 is 0.589. The minimum absolute atomic E-state index is 0.0903. The Morgan fingerprint density at radius 1 is 1.62 bits per heavy atom. The van der Waals surface area contributed by atoms with Crippen LogP contribution in [0.2, 0.25) is 0 Å². The minimum Gasteiger partial charge on any atom is -0.480 e. The highest BCUT2D eigenvalue weighted by Crippen LogP contribution is 2.34. The third kappa shape index (κ3) is 3.21. The van der Waals surface area contributed by atoms with Gasteiger partial charge in [0.2, 0.25) is 0 Å². The molecule has 0 amide bonds. The standard InChI is InChI=1S/C9H8BrNO4S/c1-5(9(12)13)16-8-3-2-6(10)4-7(8)11(14)15/h2-5H,1H3,(H,12,13)/t5-/m0/s1. The summed E-state index contributed by atoms with van der Waals surface area (Å²) in [7, 11) is 0. The third-order valence-electron chi connectivity index (χ3n) is 1.77. The van der Waals surface area contributed by atoms with Gasteiger partial charge in [0, 0.05) is 10.5 Å². The fraction of sp³-hybridized carbons (Fsp3) is 0.222. The summed E-state index contributed by atoms with van der Waals surface area (Å²) >= 11 is 4.08. The highest BCUT2D eigenvalue weighted by molar-refractivity contribution is 9.10. The van der Waals surface area contributed by atoms with Crippen LogP contribution in [0.25, 0.3) is 0 Å². The number of hydrogen-bond acceptors (Lipinski definition) is 4. The quantitative estimate of drug-likeness (QED) is 0.525. The summed E-state index contributed by atoms with van der Waals surface area (Å²) in [5, 5.41) is 18.8. The van der Waals surface area contributed by atoms with Crippen molar-refractivity contribution in [1.29, 1.82) is 0 Å². The third-order valence-corrected chi connectivity index (χ3v) is 3.42. The molecule has 1 rings (SSSR count). The van der Waals surface area contributed by atoms with Gasteiger partial charge < -0.3 is 5.11 Å². The first-order valence-corrected chi connectivity index (χ1v) is 5.92. The number of hydrogen-bond donors (Lipinski definition) is 1. The monoisotopic (exact) mass is 305 g/mol. The molecule has 0 aliphatic carbocycles. The number of halogens is 1. The number of nitro groups is 1. The summed E-state index contributed by atoms with van der Waals surface area (Å²) in [5.74, 6) is -0.998. The van der Waals surface area contributed by atoms with Crippen LogP contribution in [-0.2, 0) is 4.79 Å². The first kappa shape index (κ1) is 13.0. The molecule has 1 N–H and O–H groups in total. The van der Waals surface area contributed by atoms with E-state index in [0.717, 1.165) is 11.8 Å². The summed E-state index contributed by atoms with van der Waals surface area (Å²) in [5.41, 5.74) is -0.0903. The fourth-order valence-corrected chi connectivity index (χ4v) is 2.21. The maximum absolute atomic E-state index is 10.7. The lowest BCUT2D eigenvalue weighted by Crippen LogP contribution is -2.11. The van der Waals surface area contributed by atoms with Gasteiger partial charge in [0.15, 0.2) is 0 Å². The van der Waals surface area contributed by atoms with Crippen molar-refractivity contribution in [2.45, 2.75) is 17.1 Å². The molecule has 0 aliphatic heterocycles. The molecule has 0 aromatic heterocycles. The van der Waals surface area contributed by atoms with Crippen molar-refractivity contribution in [3.63, 3.8) is 0 Å². The predicted molar refractivity (Wildman–Crippen MR) is 63.8 cm³/mol. The molecule has 5 nitrogen and oxygen atoms in total. The first-order chi connectivity index (χ1) is 7.41. The Hall–Kier alpha value is -1.08. The maximum Gasteiger partial charge on any atom is 0.316 e. The number of carboxylic acid groups (broad SMARTS) is 1. The van der Waals surface area contributed by atoms with Crippen LogP contribution >= 0.6 is 27.7 Å². The van der Waals surface area contributed by atoms with E-state index in [0.29, 0.717) is 9.37 Å². The minimum atomic E-state index is -0.998. The van der Waals surface area contributed by atoms with E-state index in [1.165, 1.54) is 19.1 Å². The number of carboxylic acids is 1. The molecule has 0 unspecified atom stereocenters. The van der Waals surface area contributed by atoms with Gasteiger partial charge in [-0.05, 0) is 19.1 Å². The highest BCUT2D eigenvalue weighted by Gasteiger charge is 2.20. The van der Waals surface area contributed by atoms with Crippen molar-refractivity contribution in [2.75, 3.05) is 0 Å². The second-order valence-corrected chi connectivity index (χ2v) is 5.27. The van der Waals surface area contributed by atoms with E-state index in [1.807, 2.05) is 0 Å². The average Bonchev–Trinajstić information content (AvgIpc) is 2.20. The largest absolute Gasteiger partial charge is 0.480 e. The average molecular weight is 306 g/mol. The normalized spacial score (nSPS) is 12.1. The van der Waals surface area contributed by atoms with Gasteiger partial charge >= 0.3 is 5.97 Å². The summed E-state index contributed by atoms with van der Waals surface area (Å²) in [4.78, 5) is 21.2. The molecule has 0 bridgehead atoms. The van der Waals surface area contributed by atoms with Crippen LogP contribution in [0.4, 0.5) is 5.69 Å². The van der Waals surface area contributed by atoms with E-state index in [-0.39, 0.29) is 5.69 Å². The Labute approximate surface area is 104 Å². The van der Waals surface area contributed by atoms with Crippen LogP contribution in [0.1, 0.15) is 6.92 Å². The molecule has 86 valence electrons. The van der Waals surface area contributed by atoms with Gasteiger partial charge in [-0.15, -0.1) is 11.8 Å². The number of benzene rings is 1. The lowest BCUT2D eigenvalue weighted by atomic mass is 10.3. The summed E-state index contributed by atoms with van der Waals surface area (Å²) in [6.07, 6.45) is 0. The first-order valence-electron chi connectivity index (χ1n) is 4.25. The number of rotatable bonds is 4. The van der Waals surface area contributed by atoms with E-state index in [2.05, 4.69) is 15.9 Å². The zero-order chi connectivity index (χ0) is 12.3. The SMILES string of the molecule is C[C@H](Sc1ccc(Br)cc1[N+](=O)[O-])C(=O)O. The van der Waals surface area contributed by atoms with Gasteiger partial charge in [0.25, 0.3) is 5.69 Å². The van der Waals surface area contributed by atoms with Crippen molar-refractivity contribution < 1.29 is 14.8 Å². The molecule has 0 spiro atoms. The smallest absolute Gasteiger partial charge is 0.316 e. The Kier molecular flexibility index (Phi) is 4.31. The molecular formula is C9H8BrNO4S. The van der Waals surface area contributed by atoms with Crippen LogP contribution in [0, 0.1) is 10.1 Å². The predicted octanol–water partition coefficient (Wildman–Crippen LogP) is 2.92. The molecule has 0 radical (unpaired) electrons. The second-order valence-electron chi connectivity index (χ2n) is 2.97. The van der Waals surface area contributed by atoms with E-state index in [4.69, 9.17) is 5.11 Å². The van der Waals surface area contributed by atoms with Crippen molar-refractivity contribution in [3.05, 3.63) is 32.8 Å². The Balaban J connectivity index is 3.04. The van der Waals surface area contributed by atoms with E-state index in [9.17, 15) is 14.9 Å². The number of nitrogens with zero attached hydrogens (tertiary/aromatic N) is 1. The lowest BCUT2D eigenvalue weighted by molar-refractivity contribution is -0.387. The van der Waals surface area contributed by atoms with Crippen molar-refractivity contribution >= 4 is 39.3 Å². The summed E-state index contributed by atoms with van der Waals surface area (Å²) in [6.45, 7) is 1.48. The molecule has 1 aromatic carbocycles. The van der Waals surface area contributed by atoms with Crippen LogP contribution in [0.5, 0.6) is 0 Å². The number of aliphatic carboxylic acids is 1. The molecule has 1 atom stereocenters. The van der Waals surface area contributed by atoms with E-state index >= 15 is 0 Å². The van der Waals surface area contributed by atoms with Crippen molar-refractivity contribution in [1.82, 2.24) is 0 Å². The van der Waals surface area contributed by atoms with Crippen molar-refractivity contribution in [3.8, 4) is 0 Å². The molecule has 0 aliphatic rings. The zero-order valence-corrected chi connectivity index (χ0v) is 10.6. The zero-order valence-electron chi connectivity index (χ0n) is 8.21. The maximum atomic E-state index is 10.7. The Morgan fingerprint density at radius 2 is 2.25 bits per heavy atom. The van der Waals surface area contributed by atoms with Crippen LogP contribution in [0.3, 0.4) is 0 Å². The molecule has 1 aromatic rings. The fourth-order valence-electron chi connectivity index (χ4n) is 0.974. The van der Waals surface area contributed by atoms with Gasteiger partial charge in [-0.3, -0.25) is 14.9 Å². The highest BCUT2D eigenvalue weighted by atomic mass is 79.9. The number of nitro benzene ring substituents is 1. The lowest BCUT2D eigenvalue weighted by Gasteiger charge is -2.06. The van der Waals surface area contributed by atoms with E-state index < -0.39 is 16.1 Å².